The number of carbonyl (C=O) groups is 4. The molecule has 0 aromatic heterocycles. The van der Waals surface area contributed by atoms with Crippen LogP contribution in [0.15, 0.2) is 60.7 Å². The first-order chi connectivity index (χ1) is 16.5. The van der Waals surface area contributed by atoms with Crippen LogP contribution in [0.3, 0.4) is 0 Å². The molecule has 4 amide bonds. The molecule has 2 aliphatic rings. The van der Waals surface area contributed by atoms with Crippen molar-refractivity contribution in [1.82, 2.24) is 21.3 Å². The van der Waals surface area contributed by atoms with Gasteiger partial charge in [0.2, 0.25) is 23.6 Å². The molecule has 178 valence electrons. The minimum atomic E-state index is -0.637. The summed E-state index contributed by atoms with van der Waals surface area (Å²) in [6, 6.07) is 16.6. The first kappa shape index (κ1) is 24.2. The number of hydrogen-bond donors (Lipinski definition) is 4. The normalized spacial score (nSPS) is 24.6. The molecule has 2 aliphatic heterocycles. The number of benzene rings is 2. The maximum Gasteiger partial charge on any atom is 0.244 e. The highest BCUT2D eigenvalue weighted by atomic mass is 33.1. The molecule has 2 aromatic rings. The predicted octanol–water partition coefficient (Wildman–Crippen LogP) is 0.820. The van der Waals surface area contributed by atoms with Gasteiger partial charge in [0.15, 0.2) is 0 Å². The van der Waals surface area contributed by atoms with Crippen molar-refractivity contribution in [1.29, 1.82) is 0 Å². The Morgan fingerprint density at radius 1 is 0.500 bits per heavy atom. The van der Waals surface area contributed by atoms with E-state index in [1.54, 1.807) is 0 Å². The number of amides is 4. The van der Waals surface area contributed by atoms with Gasteiger partial charge in [0.25, 0.3) is 0 Å². The van der Waals surface area contributed by atoms with Crippen LogP contribution in [0.4, 0.5) is 0 Å². The van der Waals surface area contributed by atoms with E-state index in [9.17, 15) is 19.2 Å². The van der Waals surface area contributed by atoms with Crippen molar-refractivity contribution >= 4 is 45.2 Å². The fraction of sp³-hybridized carbons (Fsp3) is 0.333. The van der Waals surface area contributed by atoms with E-state index in [1.165, 1.54) is 21.6 Å². The molecule has 0 saturated carbocycles. The summed E-state index contributed by atoms with van der Waals surface area (Å²) in [5.74, 6) is -0.134. The number of carbonyl (C=O) groups excluding carboxylic acids is 4. The van der Waals surface area contributed by atoms with Crippen molar-refractivity contribution in [2.45, 2.75) is 37.0 Å². The third-order valence-electron chi connectivity index (χ3n) is 5.65. The Hall–Kier alpha value is -2.98. The minimum Gasteiger partial charge on any atom is -0.342 e. The van der Waals surface area contributed by atoms with Crippen LogP contribution < -0.4 is 21.3 Å². The summed E-state index contributed by atoms with van der Waals surface area (Å²) >= 11 is 0. The second-order valence-corrected chi connectivity index (χ2v) is 10.7. The quantitative estimate of drug-likeness (QED) is 0.301. The van der Waals surface area contributed by atoms with Gasteiger partial charge in [0.1, 0.15) is 24.2 Å². The molecule has 4 N–H and O–H groups in total. The Morgan fingerprint density at radius 2 is 0.824 bits per heavy atom. The van der Waals surface area contributed by atoms with Crippen molar-refractivity contribution in [3.8, 4) is 0 Å². The van der Waals surface area contributed by atoms with E-state index >= 15 is 0 Å². The van der Waals surface area contributed by atoms with Crippen LogP contribution in [0.25, 0.3) is 0 Å². The van der Waals surface area contributed by atoms with Crippen molar-refractivity contribution in [2.24, 2.45) is 0 Å². The third kappa shape index (κ3) is 6.32. The lowest BCUT2D eigenvalue weighted by Gasteiger charge is -2.30. The molecule has 0 spiro atoms. The number of rotatable bonds is 9. The van der Waals surface area contributed by atoms with E-state index in [-0.39, 0.29) is 23.6 Å². The molecule has 0 unspecified atom stereocenters. The highest BCUT2D eigenvalue weighted by molar-refractivity contribution is 8.76. The molecule has 10 heteroatoms. The van der Waals surface area contributed by atoms with Gasteiger partial charge < -0.3 is 21.3 Å². The molecule has 2 fully saturated rings. The van der Waals surface area contributed by atoms with Crippen LogP contribution >= 0.6 is 21.6 Å². The summed E-state index contributed by atoms with van der Waals surface area (Å²) in [5.41, 5.74) is 1.95. The summed E-state index contributed by atoms with van der Waals surface area (Å²) in [4.78, 5) is 49.8. The Balaban J connectivity index is 1.18. The lowest BCUT2D eigenvalue weighted by atomic mass is 10.0. The summed E-state index contributed by atoms with van der Waals surface area (Å²) < 4.78 is 0. The lowest BCUT2D eigenvalue weighted by Crippen LogP contribution is -2.63. The molecular formula is C24H26N4O4S2. The lowest BCUT2D eigenvalue weighted by molar-refractivity contribution is -0.136. The molecule has 2 saturated heterocycles. The van der Waals surface area contributed by atoms with Gasteiger partial charge in [-0.25, -0.2) is 0 Å². The zero-order valence-corrected chi connectivity index (χ0v) is 20.0. The molecule has 4 atom stereocenters. The van der Waals surface area contributed by atoms with Gasteiger partial charge in [-0.2, -0.15) is 0 Å². The Morgan fingerprint density at radius 3 is 1.21 bits per heavy atom. The van der Waals surface area contributed by atoms with E-state index in [0.29, 0.717) is 24.3 Å². The van der Waals surface area contributed by atoms with Gasteiger partial charge in [0.05, 0.1) is 0 Å². The van der Waals surface area contributed by atoms with Gasteiger partial charge in [-0.3, -0.25) is 19.2 Å². The van der Waals surface area contributed by atoms with Crippen molar-refractivity contribution < 1.29 is 19.2 Å². The van der Waals surface area contributed by atoms with Gasteiger partial charge >= 0.3 is 0 Å². The Kier molecular flexibility index (Phi) is 8.12. The molecule has 8 nitrogen and oxygen atoms in total. The van der Waals surface area contributed by atoms with Gasteiger partial charge in [-0.05, 0) is 11.1 Å². The predicted molar refractivity (Wildman–Crippen MR) is 133 cm³/mol. The van der Waals surface area contributed by atoms with Crippen LogP contribution in [-0.2, 0) is 32.0 Å². The van der Waals surface area contributed by atoms with Crippen LogP contribution in [-0.4, -0.2) is 59.3 Å². The van der Waals surface area contributed by atoms with E-state index in [1.807, 2.05) is 60.7 Å². The average molecular weight is 499 g/mol. The maximum atomic E-state index is 12.4. The van der Waals surface area contributed by atoms with E-state index in [0.717, 1.165) is 11.1 Å². The smallest absolute Gasteiger partial charge is 0.244 e. The van der Waals surface area contributed by atoms with E-state index < -0.39 is 24.2 Å². The number of nitrogens with one attached hydrogen (secondary N) is 4. The Bertz CT molecular complexity index is 954. The highest BCUT2D eigenvalue weighted by Crippen LogP contribution is 2.24. The van der Waals surface area contributed by atoms with Crippen molar-refractivity contribution in [2.75, 3.05) is 11.5 Å². The fourth-order valence-corrected chi connectivity index (χ4v) is 6.13. The molecule has 4 rings (SSSR count). The van der Waals surface area contributed by atoms with Gasteiger partial charge in [0, 0.05) is 24.3 Å². The second-order valence-electron chi connectivity index (χ2n) is 8.19. The molecule has 2 heterocycles. The molecule has 0 radical (unpaired) electrons. The average Bonchev–Trinajstić information content (AvgIpc) is 2.83. The minimum absolute atomic E-state index is 0.206. The highest BCUT2D eigenvalue weighted by Gasteiger charge is 2.35. The molecule has 34 heavy (non-hydrogen) atoms. The van der Waals surface area contributed by atoms with Crippen molar-refractivity contribution in [3.05, 3.63) is 71.8 Å². The molecule has 0 aliphatic carbocycles. The SMILES string of the molecule is O=C1N[C@H](Cc2ccccc2)C(=O)N[C@H]1CSSC[C@@H]1NC(=O)[C@@H](Cc2ccccc2)NC1=O. The zero-order chi connectivity index (χ0) is 23.9. The zero-order valence-electron chi connectivity index (χ0n) is 18.4. The standard InChI is InChI=1S/C24H26N4O4S2/c29-21-17(11-15-7-3-1-4-8-15)25-23(31)19(27-21)13-33-34-14-20-24(32)26-18(22(30)28-20)12-16-9-5-2-6-10-16/h1-10,17-20H,11-14H2,(H,25,31)(H,26,32)(H,27,29)(H,28,30)/t17-,18-,19+,20+/m1/s1. The summed E-state index contributed by atoms with van der Waals surface area (Å²) in [7, 11) is 2.76. The first-order valence-corrected chi connectivity index (χ1v) is 13.5. The maximum absolute atomic E-state index is 12.4. The van der Waals surface area contributed by atoms with Crippen LogP contribution in [0, 0.1) is 0 Å². The Labute approximate surface area is 205 Å². The number of hydrogen-bond acceptors (Lipinski definition) is 6. The topological polar surface area (TPSA) is 116 Å². The largest absolute Gasteiger partial charge is 0.342 e. The molecular weight excluding hydrogens is 472 g/mol. The third-order valence-corrected chi connectivity index (χ3v) is 8.07. The van der Waals surface area contributed by atoms with Crippen LogP contribution in [0.5, 0.6) is 0 Å². The van der Waals surface area contributed by atoms with Gasteiger partial charge in [-0.1, -0.05) is 82.3 Å². The van der Waals surface area contributed by atoms with Crippen LogP contribution in [0.1, 0.15) is 11.1 Å². The second kappa shape index (κ2) is 11.4. The molecule has 2 aromatic carbocycles. The van der Waals surface area contributed by atoms with Gasteiger partial charge in [-0.15, -0.1) is 0 Å². The summed E-state index contributed by atoms with van der Waals surface area (Å²) in [6.45, 7) is 0. The van der Waals surface area contributed by atoms with E-state index in [4.69, 9.17) is 0 Å². The van der Waals surface area contributed by atoms with E-state index in [2.05, 4.69) is 21.3 Å². The summed E-state index contributed by atoms with van der Waals surface area (Å²) in [5, 5.41) is 11.2. The van der Waals surface area contributed by atoms with Crippen LogP contribution in [0.2, 0.25) is 0 Å². The fourth-order valence-electron chi connectivity index (χ4n) is 3.81. The first-order valence-electron chi connectivity index (χ1n) is 11.0. The molecule has 0 bridgehead atoms. The number of piperazine rings is 2. The monoisotopic (exact) mass is 498 g/mol. The van der Waals surface area contributed by atoms with Crippen molar-refractivity contribution in [3.63, 3.8) is 0 Å². The summed E-state index contributed by atoms with van der Waals surface area (Å²) in [6.07, 6.45) is 0.879.